The Morgan fingerprint density at radius 2 is 2.50 bits per heavy atom. The van der Waals surface area contributed by atoms with Crippen molar-refractivity contribution < 1.29 is 3.07 Å². The fraction of sp³-hybridized carbons (Fsp3) is 0.778. The number of hydrogen-bond donors (Lipinski definition) is 0. The summed E-state index contributed by atoms with van der Waals surface area (Å²) in [7, 11) is 0. The summed E-state index contributed by atoms with van der Waals surface area (Å²) in [6.45, 7) is 7.26. The predicted molar refractivity (Wildman–Crippen MR) is 57.3 cm³/mol. The van der Waals surface area contributed by atoms with E-state index in [-0.39, 0.29) is 0 Å². The zero-order valence-electron chi connectivity index (χ0n) is 7.18. The summed E-state index contributed by atoms with van der Waals surface area (Å²) in [5, 5.41) is 0. The topological polar surface area (TPSA) is 12.5 Å². The summed E-state index contributed by atoms with van der Waals surface area (Å²) in [5.74, 6) is 0. The van der Waals surface area contributed by atoms with Crippen molar-refractivity contribution in [3.8, 4) is 0 Å². The van der Waals surface area contributed by atoms with Crippen molar-refractivity contribution in [3.05, 3.63) is 12.2 Å². The summed E-state index contributed by atoms with van der Waals surface area (Å²) in [4.78, 5) is 2.54. The lowest BCUT2D eigenvalue weighted by molar-refractivity contribution is 0.139. The Hall–Kier alpha value is 0.390. The number of halogens is 1. The van der Waals surface area contributed by atoms with Gasteiger partial charge in [-0.2, -0.15) is 0 Å². The highest BCUT2D eigenvalue weighted by molar-refractivity contribution is 14.1. The van der Waals surface area contributed by atoms with E-state index in [4.69, 9.17) is 3.07 Å². The highest BCUT2D eigenvalue weighted by atomic mass is 127. The van der Waals surface area contributed by atoms with Gasteiger partial charge in [0.1, 0.15) is 23.0 Å². The molecule has 3 heteroatoms. The minimum absolute atomic E-state index is 0.332. The summed E-state index contributed by atoms with van der Waals surface area (Å²) in [5.41, 5.74) is 1.71. The van der Waals surface area contributed by atoms with Gasteiger partial charge in [0.2, 0.25) is 0 Å². The monoisotopic (exact) mass is 279 g/mol. The molecule has 0 spiro atoms. The first-order valence-electron chi connectivity index (χ1n) is 4.42. The number of hydrogen-bond acceptors (Lipinski definition) is 2. The minimum Gasteiger partial charge on any atom is -0.314 e. The molecule has 2 fully saturated rings. The molecule has 68 valence electrons. The fourth-order valence-electron chi connectivity index (χ4n) is 2.55. The SMILES string of the molecule is C=C1CN2CCCC2(COI)C1. The van der Waals surface area contributed by atoms with Crippen molar-refractivity contribution >= 4 is 23.0 Å². The third-order valence-electron chi connectivity index (χ3n) is 3.06. The Kier molecular flexibility index (Phi) is 2.44. The van der Waals surface area contributed by atoms with E-state index in [1.807, 2.05) is 23.0 Å². The van der Waals surface area contributed by atoms with Crippen LogP contribution in [0.5, 0.6) is 0 Å². The molecule has 2 aliphatic rings. The molecule has 0 aromatic heterocycles. The molecule has 0 bridgehead atoms. The van der Waals surface area contributed by atoms with Gasteiger partial charge >= 0.3 is 0 Å². The molecular formula is C9H14INO. The summed E-state index contributed by atoms with van der Waals surface area (Å²) >= 11 is 2.00. The highest BCUT2D eigenvalue weighted by Crippen LogP contribution is 2.41. The van der Waals surface area contributed by atoms with Gasteiger partial charge in [0.25, 0.3) is 0 Å². The van der Waals surface area contributed by atoms with Crippen LogP contribution in [-0.2, 0) is 3.07 Å². The molecule has 0 amide bonds. The van der Waals surface area contributed by atoms with Crippen LogP contribution in [0, 0.1) is 0 Å². The first-order chi connectivity index (χ1) is 5.77. The molecule has 0 aromatic rings. The molecule has 2 saturated heterocycles. The van der Waals surface area contributed by atoms with Crippen molar-refractivity contribution in [3.63, 3.8) is 0 Å². The third-order valence-corrected chi connectivity index (χ3v) is 3.37. The largest absolute Gasteiger partial charge is 0.314 e. The van der Waals surface area contributed by atoms with Crippen LogP contribution in [0.25, 0.3) is 0 Å². The molecular weight excluding hydrogens is 265 g/mol. The van der Waals surface area contributed by atoms with Gasteiger partial charge in [-0.05, 0) is 25.8 Å². The maximum Gasteiger partial charge on any atom is 0.109 e. The normalized spacial score (nSPS) is 35.9. The molecule has 0 N–H and O–H groups in total. The molecule has 0 aliphatic carbocycles. The van der Waals surface area contributed by atoms with Gasteiger partial charge in [-0.1, -0.05) is 12.2 Å². The molecule has 0 aromatic carbocycles. The first kappa shape index (κ1) is 8.97. The molecule has 2 nitrogen and oxygen atoms in total. The smallest absolute Gasteiger partial charge is 0.109 e. The highest BCUT2D eigenvalue weighted by Gasteiger charge is 2.45. The van der Waals surface area contributed by atoms with E-state index in [9.17, 15) is 0 Å². The number of rotatable bonds is 2. The van der Waals surface area contributed by atoms with E-state index in [0.29, 0.717) is 5.54 Å². The first-order valence-corrected chi connectivity index (χ1v) is 5.30. The lowest BCUT2D eigenvalue weighted by Crippen LogP contribution is -2.41. The standard InChI is InChI=1S/C9H14INO/c1-8-5-9(7-12-10)3-2-4-11(9)6-8/h1-7H2. The average molecular weight is 279 g/mol. The average Bonchev–Trinajstić information content (AvgIpc) is 2.44. The molecule has 2 heterocycles. The van der Waals surface area contributed by atoms with E-state index >= 15 is 0 Å². The predicted octanol–water partition coefficient (Wildman–Crippen LogP) is 2.15. The van der Waals surface area contributed by atoms with Crippen LogP contribution < -0.4 is 0 Å². The second-order valence-electron chi connectivity index (χ2n) is 3.93. The van der Waals surface area contributed by atoms with Crippen LogP contribution in [0.1, 0.15) is 19.3 Å². The molecule has 2 aliphatic heterocycles. The van der Waals surface area contributed by atoms with Gasteiger partial charge in [-0.3, -0.25) is 4.90 Å². The lowest BCUT2D eigenvalue weighted by Gasteiger charge is -2.29. The summed E-state index contributed by atoms with van der Waals surface area (Å²) < 4.78 is 5.27. The van der Waals surface area contributed by atoms with E-state index < -0.39 is 0 Å². The Labute approximate surface area is 87.6 Å². The lowest BCUT2D eigenvalue weighted by atomic mass is 9.94. The minimum atomic E-state index is 0.332. The van der Waals surface area contributed by atoms with Gasteiger partial charge in [-0.25, -0.2) is 0 Å². The van der Waals surface area contributed by atoms with Crippen LogP contribution in [0.2, 0.25) is 0 Å². The zero-order valence-corrected chi connectivity index (χ0v) is 9.34. The Morgan fingerprint density at radius 3 is 3.25 bits per heavy atom. The Balaban J connectivity index is 2.14. The van der Waals surface area contributed by atoms with Crippen LogP contribution in [0.15, 0.2) is 12.2 Å². The second-order valence-corrected chi connectivity index (χ2v) is 4.55. The van der Waals surface area contributed by atoms with Gasteiger partial charge in [0, 0.05) is 12.1 Å². The molecule has 1 atom stereocenters. The Morgan fingerprint density at radius 1 is 1.67 bits per heavy atom. The third kappa shape index (κ3) is 1.32. The van der Waals surface area contributed by atoms with Crippen LogP contribution >= 0.6 is 23.0 Å². The summed E-state index contributed by atoms with van der Waals surface area (Å²) in [6, 6.07) is 0. The zero-order chi connectivity index (χ0) is 8.60. The van der Waals surface area contributed by atoms with Gasteiger partial charge in [0.15, 0.2) is 0 Å². The fourth-order valence-corrected chi connectivity index (χ4v) is 3.13. The number of fused-ring (bicyclic) bond motifs is 1. The maximum absolute atomic E-state index is 5.27. The van der Waals surface area contributed by atoms with E-state index in [0.717, 1.165) is 19.6 Å². The van der Waals surface area contributed by atoms with E-state index in [1.54, 1.807) is 0 Å². The van der Waals surface area contributed by atoms with E-state index in [1.165, 1.54) is 25.0 Å². The molecule has 0 saturated carbocycles. The molecule has 2 rings (SSSR count). The number of nitrogens with zero attached hydrogens (tertiary/aromatic N) is 1. The van der Waals surface area contributed by atoms with Gasteiger partial charge in [0.05, 0.1) is 6.61 Å². The van der Waals surface area contributed by atoms with Crippen molar-refractivity contribution in [1.29, 1.82) is 0 Å². The van der Waals surface area contributed by atoms with Crippen molar-refractivity contribution in [1.82, 2.24) is 4.90 Å². The van der Waals surface area contributed by atoms with Gasteiger partial charge in [-0.15, -0.1) is 0 Å². The molecule has 1 unspecified atom stereocenters. The quantitative estimate of drug-likeness (QED) is 0.567. The second kappa shape index (κ2) is 3.27. The molecule has 12 heavy (non-hydrogen) atoms. The Bertz CT molecular complexity index is 207. The summed E-state index contributed by atoms with van der Waals surface area (Å²) in [6.07, 6.45) is 3.76. The van der Waals surface area contributed by atoms with Crippen LogP contribution in [-0.4, -0.2) is 30.1 Å². The van der Waals surface area contributed by atoms with Crippen molar-refractivity contribution in [2.24, 2.45) is 0 Å². The van der Waals surface area contributed by atoms with Crippen molar-refractivity contribution in [2.45, 2.75) is 24.8 Å². The van der Waals surface area contributed by atoms with Crippen LogP contribution in [0.4, 0.5) is 0 Å². The maximum atomic E-state index is 5.27. The van der Waals surface area contributed by atoms with Gasteiger partial charge < -0.3 is 3.07 Å². The van der Waals surface area contributed by atoms with Crippen molar-refractivity contribution in [2.75, 3.05) is 19.7 Å². The van der Waals surface area contributed by atoms with Crippen LogP contribution in [0.3, 0.4) is 0 Å². The van der Waals surface area contributed by atoms with E-state index in [2.05, 4.69) is 11.5 Å². The molecule has 0 radical (unpaired) electrons.